The van der Waals surface area contributed by atoms with E-state index in [0.29, 0.717) is 0 Å². The zero-order valence-corrected chi connectivity index (χ0v) is 15.7. The van der Waals surface area contributed by atoms with Gasteiger partial charge in [-0.1, -0.05) is 24.3 Å². The first kappa shape index (κ1) is 16.7. The number of anilines is 1. The van der Waals surface area contributed by atoms with Gasteiger partial charge in [-0.05, 0) is 62.4 Å². The van der Waals surface area contributed by atoms with Crippen molar-refractivity contribution >= 4 is 5.82 Å². The maximum Gasteiger partial charge on any atom is 0.133 e. The molecular weight excluding hydrogens is 322 g/mol. The molecule has 3 aromatic rings. The number of hydrogen-bond donors (Lipinski definition) is 1. The Balaban J connectivity index is 1.93. The molecule has 0 atom stereocenters. The molecule has 0 saturated carbocycles. The molecule has 4 rings (SSSR count). The van der Waals surface area contributed by atoms with Crippen molar-refractivity contribution in [3.8, 4) is 22.7 Å². The molecule has 1 N–H and O–H groups in total. The van der Waals surface area contributed by atoms with Crippen LogP contribution in [0.5, 0.6) is 5.75 Å². The summed E-state index contributed by atoms with van der Waals surface area (Å²) < 4.78 is 7.52. The summed E-state index contributed by atoms with van der Waals surface area (Å²) in [7, 11) is 1.70. The normalized spacial score (nSPS) is 13.7. The summed E-state index contributed by atoms with van der Waals surface area (Å²) in [5.74, 6) is 1.99. The number of aromatic nitrogens is 2. The molecule has 1 aliphatic rings. The summed E-state index contributed by atoms with van der Waals surface area (Å²) in [5.41, 5.74) is 7.15. The fourth-order valence-corrected chi connectivity index (χ4v) is 3.64. The second-order valence-electron chi connectivity index (χ2n) is 6.92. The van der Waals surface area contributed by atoms with Crippen LogP contribution in [0, 0.1) is 13.8 Å². The molecule has 2 aromatic carbocycles. The number of nitrogens with zero attached hydrogens (tertiary/aromatic N) is 2. The lowest BCUT2D eigenvalue weighted by Gasteiger charge is -2.13. The predicted octanol–water partition coefficient (Wildman–Crippen LogP) is 4.91. The summed E-state index contributed by atoms with van der Waals surface area (Å²) >= 11 is 0. The van der Waals surface area contributed by atoms with E-state index in [1.165, 1.54) is 29.5 Å². The predicted molar refractivity (Wildman–Crippen MR) is 106 cm³/mol. The van der Waals surface area contributed by atoms with Crippen LogP contribution < -0.4 is 10.1 Å². The van der Waals surface area contributed by atoms with Gasteiger partial charge in [0, 0.05) is 17.7 Å². The van der Waals surface area contributed by atoms with Gasteiger partial charge in [0.25, 0.3) is 0 Å². The number of benzene rings is 2. The molecule has 4 heteroatoms. The summed E-state index contributed by atoms with van der Waals surface area (Å²) in [6, 6.07) is 14.6. The number of nitrogens with one attached hydrogen (secondary N) is 1. The molecule has 0 amide bonds. The van der Waals surface area contributed by atoms with Crippen LogP contribution in [0.2, 0.25) is 0 Å². The largest absolute Gasteiger partial charge is 0.497 e. The van der Waals surface area contributed by atoms with Gasteiger partial charge in [0.1, 0.15) is 11.6 Å². The van der Waals surface area contributed by atoms with Crippen LogP contribution in [0.1, 0.15) is 29.5 Å². The van der Waals surface area contributed by atoms with Crippen LogP contribution >= 0.6 is 0 Å². The molecule has 0 aliphatic carbocycles. The van der Waals surface area contributed by atoms with Crippen molar-refractivity contribution in [2.75, 3.05) is 19.0 Å². The molecule has 1 aromatic heterocycles. The van der Waals surface area contributed by atoms with Crippen molar-refractivity contribution in [2.45, 2.75) is 33.1 Å². The maximum absolute atomic E-state index is 5.42. The Hall–Kier alpha value is -2.75. The van der Waals surface area contributed by atoms with E-state index in [1.807, 2.05) is 12.1 Å². The van der Waals surface area contributed by atoms with E-state index in [9.17, 15) is 0 Å². The van der Waals surface area contributed by atoms with Crippen LogP contribution in [-0.4, -0.2) is 23.4 Å². The second-order valence-corrected chi connectivity index (χ2v) is 6.92. The standard InChI is InChI=1S/C22H25N3O/c1-15-8-6-12-20(16(15)2)25-22-19(11-4-5-13-23-22)21(24-25)17-9-7-10-18(14-17)26-3/h6-10,12,14,23H,4-5,11,13H2,1-3H3. The molecule has 0 saturated heterocycles. The fourth-order valence-electron chi connectivity index (χ4n) is 3.64. The molecule has 0 spiro atoms. The molecule has 26 heavy (non-hydrogen) atoms. The summed E-state index contributed by atoms with van der Waals surface area (Å²) in [6.45, 7) is 5.30. The molecule has 0 unspecified atom stereocenters. The third-order valence-electron chi connectivity index (χ3n) is 5.28. The number of aryl methyl sites for hydroxylation is 1. The number of methoxy groups -OCH3 is 1. The lowest BCUT2D eigenvalue weighted by molar-refractivity contribution is 0.415. The summed E-state index contributed by atoms with van der Waals surface area (Å²) in [5, 5.41) is 8.68. The van der Waals surface area contributed by atoms with Gasteiger partial charge in [-0.3, -0.25) is 0 Å². The molecule has 0 fully saturated rings. The highest BCUT2D eigenvalue weighted by molar-refractivity contribution is 5.72. The van der Waals surface area contributed by atoms with Crippen molar-refractivity contribution < 1.29 is 4.74 Å². The van der Waals surface area contributed by atoms with Crippen molar-refractivity contribution in [1.29, 1.82) is 0 Å². The molecule has 0 radical (unpaired) electrons. The lowest BCUT2D eigenvalue weighted by Crippen LogP contribution is -2.08. The highest BCUT2D eigenvalue weighted by Crippen LogP contribution is 2.35. The summed E-state index contributed by atoms with van der Waals surface area (Å²) in [4.78, 5) is 0. The van der Waals surface area contributed by atoms with Gasteiger partial charge < -0.3 is 10.1 Å². The van der Waals surface area contributed by atoms with Gasteiger partial charge >= 0.3 is 0 Å². The number of ether oxygens (including phenoxy) is 1. The Morgan fingerprint density at radius 1 is 1.08 bits per heavy atom. The third-order valence-corrected chi connectivity index (χ3v) is 5.28. The minimum absolute atomic E-state index is 0.860. The van der Waals surface area contributed by atoms with Crippen molar-refractivity contribution in [1.82, 2.24) is 9.78 Å². The molecule has 2 heterocycles. The Labute approximate surface area is 154 Å². The Bertz CT molecular complexity index is 943. The first-order valence-corrected chi connectivity index (χ1v) is 9.26. The first-order valence-electron chi connectivity index (χ1n) is 9.26. The number of fused-ring (bicyclic) bond motifs is 1. The van der Waals surface area contributed by atoms with E-state index < -0.39 is 0 Å². The average Bonchev–Trinajstić information content (AvgIpc) is 2.85. The van der Waals surface area contributed by atoms with Gasteiger partial charge in [-0.2, -0.15) is 5.10 Å². The average molecular weight is 347 g/mol. The van der Waals surface area contributed by atoms with E-state index in [4.69, 9.17) is 9.84 Å². The third kappa shape index (κ3) is 2.85. The van der Waals surface area contributed by atoms with E-state index in [2.05, 4.69) is 54.2 Å². The fraction of sp³-hybridized carbons (Fsp3) is 0.318. The van der Waals surface area contributed by atoms with Gasteiger partial charge in [-0.25, -0.2) is 4.68 Å². The Morgan fingerprint density at radius 3 is 2.77 bits per heavy atom. The van der Waals surface area contributed by atoms with Crippen molar-refractivity contribution in [3.05, 3.63) is 59.2 Å². The van der Waals surface area contributed by atoms with Gasteiger partial charge in [0.05, 0.1) is 18.5 Å². The quantitative estimate of drug-likeness (QED) is 0.731. The smallest absolute Gasteiger partial charge is 0.133 e. The zero-order valence-electron chi connectivity index (χ0n) is 15.7. The monoisotopic (exact) mass is 347 g/mol. The maximum atomic E-state index is 5.42. The minimum Gasteiger partial charge on any atom is -0.497 e. The van der Waals surface area contributed by atoms with Gasteiger partial charge in [-0.15, -0.1) is 0 Å². The molecule has 1 aliphatic heterocycles. The van der Waals surface area contributed by atoms with Crippen LogP contribution in [0.25, 0.3) is 16.9 Å². The van der Waals surface area contributed by atoms with Crippen molar-refractivity contribution in [2.24, 2.45) is 0 Å². The molecular formula is C22H25N3O. The molecule has 4 nitrogen and oxygen atoms in total. The first-order chi connectivity index (χ1) is 12.7. The van der Waals surface area contributed by atoms with E-state index in [-0.39, 0.29) is 0 Å². The number of hydrogen-bond acceptors (Lipinski definition) is 3. The van der Waals surface area contributed by atoms with E-state index in [1.54, 1.807) is 7.11 Å². The van der Waals surface area contributed by atoms with Crippen LogP contribution in [0.3, 0.4) is 0 Å². The van der Waals surface area contributed by atoms with Crippen molar-refractivity contribution in [3.63, 3.8) is 0 Å². The van der Waals surface area contributed by atoms with E-state index in [0.717, 1.165) is 41.5 Å². The molecule has 134 valence electrons. The second kappa shape index (κ2) is 6.87. The summed E-state index contributed by atoms with van der Waals surface area (Å²) in [6.07, 6.45) is 3.40. The van der Waals surface area contributed by atoms with Crippen LogP contribution in [0.4, 0.5) is 5.82 Å². The van der Waals surface area contributed by atoms with Gasteiger partial charge in [0.15, 0.2) is 0 Å². The highest BCUT2D eigenvalue weighted by atomic mass is 16.5. The molecule has 0 bridgehead atoms. The van der Waals surface area contributed by atoms with Gasteiger partial charge in [0.2, 0.25) is 0 Å². The minimum atomic E-state index is 0.860. The number of rotatable bonds is 3. The Kier molecular flexibility index (Phi) is 4.41. The topological polar surface area (TPSA) is 39.1 Å². The lowest BCUT2D eigenvalue weighted by atomic mass is 10.0. The van der Waals surface area contributed by atoms with Crippen LogP contribution in [-0.2, 0) is 6.42 Å². The Morgan fingerprint density at radius 2 is 1.92 bits per heavy atom. The zero-order chi connectivity index (χ0) is 18.1. The SMILES string of the molecule is COc1cccc(-c2nn(-c3cccc(C)c3C)c3c2CCCCN3)c1. The highest BCUT2D eigenvalue weighted by Gasteiger charge is 2.22. The van der Waals surface area contributed by atoms with Crippen LogP contribution in [0.15, 0.2) is 42.5 Å². The van der Waals surface area contributed by atoms with E-state index >= 15 is 0 Å².